The van der Waals surface area contributed by atoms with Crippen molar-refractivity contribution in [3.8, 4) is 0 Å². The molecule has 4 aliphatic rings. The molecule has 2 aliphatic heterocycles. The normalized spacial score (nSPS) is 37.7. The van der Waals surface area contributed by atoms with Crippen LogP contribution < -0.4 is 5.32 Å². The van der Waals surface area contributed by atoms with Gasteiger partial charge in [0.1, 0.15) is 0 Å². The first-order valence-electron chi connectivity index (χ1n) is 15.5. The Morgan fingerprint density at radius 3 is 1.87 bits per heavy atom. The summed E-state index contributed by atoms with van der Waals surface area (Å²) >= 11 is 0. The maximum atomic E-state index is 13.7. The van der Waals surface area contributed by atoms with Gasteiger partial charge in [0.15, 0.2) is 8.32 Å². The zero-order valence-electron chi connectivity index (χ0n) is 26.5. The Labute approximate surface area is 238 Å². The zero-order chi connectivity index (χ0) is 29.2. The molecule has 4 rings (SSSR count). The van der Waals surface area contributed by atoms with E-state index in [1.807, 2.05) is 33.8 Å². The van der Waals surface area contributed by atoms with Gasteiger partial charge in [-0.1, -0.05) is 33.8 Å². The Balaban J connectivity index is 1.55. The third-order valence-electron chi connectivity index (χ3n) is 11.3. The number of hydrogen-bond donors (Lipinski definition) is 3. The smallest absolute Gasteiger partial charge is 0.249 e. The molecule has 2 spiro atoms. The largest absolute Gasteiger partial charge is 0.414 e. The summed E-state index contributed by atoms with van der Waals surface area (Å²) in [7, 11) is -1.86. The van der Waals surface area contributed by atoms with E-state index in [1.54, 1.807) is 5.06 Å². The highest BCUT2D eigenvalue weighted by molar-refractivity contribution is 6.74. The molecule has 0 radical (unpaired) electrons. The van der Waals surface area contributed by atoms with Gasteiger partial charge in [0, 0.05) is 28.8 Å². The van der Waals surface area contributed by atoms with Crippen LogP contribution in [0.3, 0.4) is 0 Å². The first kappa shape index (κ1) is 31.2. The average molecular weight is 564 g/mol. The summed E-state index contributed by atoms with van der Waals surface area (Å²) in [5.41, 5.74) is -1.38. The molecule has 1 amide bonds. The minimum absolute atomic E-state index is 0.0141. The summed E-state index contributed by atoms with van der Waals surface area (Å²) in [6, 6.07) is -0.0141. The quantitative estimate of drug-likeness (QED) is 0.326. The van der Waals surface area contributed by atoms with E-state index in [9.17, 15) is 15.2 Å². The number of hydrogen-bond acceptors (Lipinski definition) is 6. The third kappa shape index (κ3) is 5.67. The first-order chi connectivity index (χ1) is 17.7. The van der Waals surface area contributed by atoms with Crippen molar-refractivity contribution in [2.24, 2.45) is 5.92 Å². The number of carbonyl (C=O) groups is 1. The summed E-state index contributed by atoms with van der Waals surface area (Å²) in [6.45, 7) is 21.5. The summed E-state index contributed by atoms with van der Waals surface area (Å²) < 4.78 is 6.81. The van der Waals surface area contributed by atoms with Crippen LogP contribution in [-0.2, 0) is 9.22 Å². The summed E-state index contributed by atoms with van der Waals surface area (Å²) in [6.07, 6.45) is 11.5. The molecular formula is C31H57N3O4Si. The Morgan fingerprint density at radius 2 is 1.44 bits per heavy atom. The molecule has 7 nitrogen and oxygen atoms in total. The van der Waals surface area contributed by atoms with E-state index in [4.69, 9.17) is 4.43 Å². The topological polar surface area (TPSA) is 85.3 Å². The number of piperidine rings is 1. The Hall–Kier alpha value is -0.773. The van der Waals surface area contributed by atoms with Gasteiger partial charge in [-0.15, -0.1) is 0 Å². The molecule has 8 heteroatoms. The average Bonchev–Trinajstić information content (AvgIpc) is 2.99. The zero-order valence-corrected chi connectivity index (χ0v) is 27.5. The van der Waals surface area contributed by atoms with Gasteiger partial charge in [0.2, 0.25) is 5.91 Å². The molecule has 39 heavy (non-hydrogen) atoms. The predicted octanol–water partition coefficient (Wildman–Crippen LogP) is 6.80. The molecule has 0 aromatic carbocycles. The Kier molecular flexibility index (Phi) is 8.15. The number of nitrogens with zero attached hydrogens (tertiary/aromatic N) is 2. The lowest BCUT2D eigenvalue weighted by atomic mass is 9.64. The number of hydroxylamine groups is 4. The van der Waals surface area contributed by atoms with Crippen LogP contribution >= 0.6 is 0 Å². The minimum Gasteiger partial charge on any atom is -0.414 e. The molecule has 2 saturated carbocycles. The van der Waals surface area contributed by atoms with Crippen LogP contribution in [0.4, 0.5) is 0 Å². The van der Waals surface area contributed by atoms with E-state index >= 15 is 0 Å². The van der Waals surface area contributed by atoms with Crippen LogP contribution in [0.1, 0.15) is 120 Å². The molecule has 224 valence electrons. The lowest BCUT2D eigenvalue weighted by molar-refractivity contribution is -0.285. The summed E-state index contributed by atoms with van der Waals surface area (Å²) in [4.78, 5) is 13.7. The molecule has 0 aromatic rings. The van der Waals surface area contributed by atoms with Gasteiger partial charge >= 0.3 is 0 Å². The van der Waals surface area contributed by atoms with Gasteiger partial charge in [-0.25, -0.2) is 0 Å². The van der Waals surface area contributed by atoms with E-state index in [0.717, 1.165) is 64.2 Å². The number of amides is 1. The van der Waals surface area contributed by atoms with Crippen LogP contribution in [-0.4, -0.2) is 69.1 Å². The molecule has 3 fully saturated rings. The number of nitrogens with one attached hydrogen (secondary N) is 1. The molecule has 1 saturated heterocycles. The molecule has 3 N–H and O–H groups in total. The molecule has 2 aliphatic carbocycles. The molecule has 2 heterocycles. The lowest BCUT2D eigenvalue weighted by Gasteiger charge is -2.60. The summed E-state index contributed by atoms with van der Waals surface area (Å²) in [5.74, 6) is 0.580. The van der Waals surface area contributed by atoms with Gasteiger partial charge in [-0.05, 0) is 116 Å². The SMILES string of the molecule is CC1CCC2(CC1)CC(NC(=O)C1=CC(C)(C)N(O)C1(C)C)CC1(CCC(O[Si](C)(C)C(C)(C)C)CC1)N2O. The van der Waals surface area contributed by atoms with Crippen molar-refractivity contribution in [2.45, 2.75) is 172 Å². The minimum atomic E-state index is -1.86. The fraction of sp³-hybridized carbons (Fsp3) is 0.903. The molecular weight excluding hydrogens is 506 g/mol. The van der Waals surface area contributed by atoms with E-state index in [2.05, 4.69) is 46.1 Å². The first-order valence-corrected chi connectivity index (χ1v) is 18.4. The highest BCUT2D eigenvalue weighted by atomic mass is 28.4. The van der Waals surface area contributed by atoms with E-state index < -0.39 is 19.4 Å². The van der Waals surface area contributed by atoms with E-state index in [0.29, 0.717) is 11.5 Å². The molecule has 1 unspecified atom stereocenters. The monoisotopic (exact) mass is 563 g/mol. The van der Waals surface area contributed by atoms with Crippen molar-refractivity contribution >= 4 is 14.2 Å². The summed E-state index contributed by atoms with van der Waals surface area (Å²) in [5, 5.41) is 29.4. The standard InChI is InChI=1S/C31H57N3O4Si/c1-22-11-15-30(16-12-22)19-23(32-26(35)25-21-28(5,6)33(36)29(25,7)8)20-31(34(30)37)17-13-24(14-18-31)38-39(9,10)27(2,3)4/h21-24,36-37H,11-20H2,1-10H3,(H,32,35). The fourth-order valence-corrected chi connectivity index (χ4v) is 9.19. The Morgan fingerprint density at radius 1 is 0.949 bits per heavy atom. The molecule has 1 atom stereocenters. The van der Waals surface area contributed by atoms with Crippen molar-refractivity contribution in [1.29, 1.82) is 0 Å². The number of carbonyl (C=O) groups excluding carboxylic acids is 1. The molecule has 0 aromatic heterocycles. The van der Waals surface area contributed by atoms with Crippen LogP contribution in [0, 0.1) is 5.92 Å². The molecule has 0 bridgehead atoms. The van der Waals surface area contributed by atoms with Crippen molar-refractivity contribution < 1.29 is 19.6 Å². The van der Waals surface area contributed by atoms with Crippen molar-refractivity contribution in [3.63, 3.8) is 0 Å². The van der Waals surface area contributed by atoms with Crippen LogP contribution in [0.2, 0.25) is 18.1 Å². The predicted molar refractivity (Wildman–Crippen MR) is 158 cm³/mol. The van der Waals surface area contributed by atoms with Crippen molar-refractivity contribution in [3.05, 3.63) is 11.6 Å². The lowest BCUT2D eigenvalue weighted by Crippen LogP contribution is -2.69. The second-order valence-corrected chi connectivity index (χ2v) is 20.9. The highest BCUT2D eigenvalue weighted by Gasteiger charge is 2.57. The fourth-order valence-electron chi connectivity index (χ4n) is 7.77. The van der Waals surface area contributed by atoms with Crippen LogP contribution in [0.25, 0.3) is 0 Å². The Bertz CT molecular complexity index is 953. The van der Waals surface area contributed by atoms with Crippen molar-refractivity contribution in [2.75, 3.05) is 0 Å². The van der Waals surface area contributed by atoms with Gasteiger partial charge in [-0.3, -0.25) is 4.79 Å². The second-order valence-electron chi connectivity index (χ2n) is 16.2. The van der Waals surface area contributed by atoms with Crippen LogP contribution in [0.15, 0.2) is 11.6 Å². The number of rotatable bonds is 4. The van der Waals surface area contributed by atoms with Crippen LogP contribution in [0.5, 0.6) is 0 Å². The van der Waals surface area contributed by atoms with E-state index in [-0.39, 0.29) is 34.2 Å². The third-order valence-corrected chi connectivity index (χ3v) is 15.8. The van der Waals surface area contributed by atoms with E-state index in [1.165, 1.54) is 5.06 Å². The second kappa shape index (κ2) is 10.2. The van der Waals surface area contributed by atoms with Gasteiger partial charge in [0.05, 0.1) is 11.1 Å². The van der Waals surface area contributed by atoms with Gasteiger partial charge in [-0.2, -0.15) is 10.1 Å². The maximum Gasteiger partial charge on any atom is 0.249 e. The van der Waals surface area contributed by atoms with Gasteiger partial charge in [0.25, 0.3) is 0 Å². The van der Waals surface area contributed by atoms with Gasteiger partial charge < -0.3 is 20.2 Å². The highest BCUT2D eigenvalue weighted by Crippen LogP contribution is 2.52. The van der Waals surface area contributed by atoms with Crippen molar-refractivity contribution in [1.82, 2.24) is 15.4 Å². The maximum absolute atomic E-state index is 13.7.